The van der Waals surface area contributed by atoms with Crippen LogP contribution in [0.15, 0.2) is 23.2 Å². The Morgan fingerprint density at radius 3 is 2.97 bits per heavy atom. The molecule has 0 radical (unpaired) electrons. The molecule has 2 N–H and O–H groups in total. The largest absolute Gasteiger partial charge is 0.490 e. The molecule has 1 unspecified atom stereocenters. The second kappa shape index (κ2) is 9.45. The number of guanidine groups is 1. The summed E-state index contributed by atoms with van der Waals surface area (Å²) in [5.41, 5.74) is 0.844. The number of halogens is 1. The third-order valence-corrected chi connectivity index (χ3v) is 5.64. The van der Waals surface area contributed by atoms with Crippen molar-refractivity contribution in [1.29, 1.82) is 0 Å². The molecular weight excluding hydrogens is 383 g/mol. The van der Waals surface area contributed by atoms with Gasteiger partial charge in [-0.25, -0.2) is 9.38 Å². The van der Waals surface area contributed by atoms with Gasteiger partial charge in [0.15, 0.2) is 23.4 Å². The molecule has 0 saturated heterocycles. The van der Waals surface area contributed by atoms with E-state index >= 15 is 0 Å². The van der Waals surface area contributed by atoms with Crippen molar-refractivity contribution in [1.82, 2.24) is 25.4 Å². The number of hydrogen-bond acceptors (Lipinski definition) is 4. The maximum absolute atomic E-state index is 14.4. The highest BCUT2D eigenvalue weighted by molar-refractivity contribution is 5.80. The summed E-state index contributed by atoms with van der Waals surface area (Å²) in [4.78, 5) is 4.68. The SMILES string of the molecule is CCNC(=NCc1nnc2n1CCCC2)NC(C)c1ccc(OCC2CC2)c(F)c1. The van der Waals surface area contributed by atoms with E-state index in [0.717, 1.165) is 43.1 Å². The minimum absolute atomic E-state index is 0.109. The first-order valence-electron chi connectivity index (χ1n) is 11.0. The Morgan fingerprint density at radius 1 is 1.33 bits per heavy atom. The first-order chi connectivity index (χ1) is 14.6. The van der Waals surface area contributed by atoms with E-state index in [9.17, 15) is 4.39 Å². The highest BCUT2D eigenvalue weighted by atomic mass is 19.1. The molecule has 30 heavy (non-hydrogen) atoms. The number of nitrogens with one attached hydrogen (secondary N) is 2. The highest BCUT2D eigenvalue weighted by Crippen LogP contribution is 2.30. The van der Waals surface area contributed by atoms with Gasteiger partial charge in [0.2, 0.25) is 0 Å². The maximum atomic E-state index is 14.4. The van der Waals surface area contributed by atoms with Gasteiger partial charge in [-0.2, -0.15) is 0 Å². The number of ether oxygens (including phenoxy) is 1. The Bertz CT molecular complexity index is 892. The number of rotatable bonds is 8. The zero-order valence-electron chi connectivity index (χ0n) is 17.8. The fraction of sp³-hybridized carbons (Fsp3) is 0.591. The van der Waals surface area contributed by atoms with E-state index in [-0.39, 0.29) is 11.9 Å². The van der Waals surface area contributed by atoms with Crippen molar-refractivity contribution in [3.63, 3.8) is 0 Å². The minimum Gasteiger partial charge on any atom is -0.490 e. The standard InChI is InChI=1S/C22H31FN6O/c1-3-24-22(25-13-21-28-27-20-6-4-5-11-29(20)21)26-15(2)17-9-10-19(18(23)12-17)30-14-16-7-8-16/h9-10,12,15-16H,3-8,11,13-14H2,1-2H3,(H2,24,25,26). The lowest BCUT2D eigenvalue weighted by Gasteiger charge is -2.19. The fourth-order valence-electron chi connectivity index (χ4n) is 3.64. The first kappa shape index (κ1) is 20.6. The molecule has 7 nitrogen and oxygen atoms in total. The lowest BCUT2D eigenvalue weighted by atomic mass is 10.1. The third kappa shape index (κ3) is 5.09. The molecule has 1 saturated carbocycles. The van der Waals surface area contributed by atoms with E-state index in [1.807, 2.05) is 19.9 Å². The molecule has 1 aliphatic carbocycles. The maximum Gasteiger partial charge on any atom is 0.192 e. The molecule has 2 aliphatic rings. The van der Waals surface area contributed by atoms with Crippen LogP contribution in [0.4, 0.5) is 4.39 Å². The summed E-state index contributed by atoms with van der Waals surface area (Å²) in [5.74, 6) is 3.22. The van der Waals surface area contributed by atoms with Crippen LogP contribution < -0.4 is 15.4 Å². The van der Waals surface area contributed by atoms with E-state index in [4.69, 9.17) is 4.74 Å². The predicted molar refractivity (Wildman–Crippen MR) is 114 cm³/mol. The molecule has 4 rings (SSSR count). The van der Waals surface area contributed by atoms with Crippen LogP contribution in [0, 0.1) is 11.7 Å². The number of benzene rings is 1. The van der Waals surface area contributed by atoms with Crippen molar-refractivity contribution in [2.45, 2.75) is 65.1 Å². The second-order valence-corrected chi connectivity index (χ2v) is 8.15. The van der Waals surface area contributed by atoms with Gasteiger partial charge in [-0.3, -0.25) is 0 Å². The zero-order chi connectivity index (χ0) is 20.9. The Morgan fingerprint density at radius 2 is 2.20 bits per heavy atom. The fourth-order valence-corrected chi connectivity index (χ4v) is 3.64. The van der Waals surface area contributed by atoms with E-state index in [2.05, 4.69) is 30.4 Å². The minimum atomic E-state index is -0.321. The van der Waals surface area contributed by atoms with Crippen LogP contribution in [-0.4, -0.2) is 33.9 Å². The van der Waals surface area contributed by atoms with Gasteiger partial charge in [-0.15, -0.1) is 10.2 Å². The van der Waals surface area contributed by atoms with Crippen molar-refractivity contribution < 1.29 is 9.13 Å². The normalized spacial score (nSPS) is 17.4. The lowest BCUT2D eigenvalue weighted by molar-refractivity contribution is 0.285. The Balaban J connectivity index is 1.40. The molecule has 162 valence electrons. The number of fused-ring (bicyclic) bond motifs is 1. The van der Waals surface area contributed by atoms with Crippen molar-refractivity contribution in [2.24, 2.45) is 10.9 Å². The van der Waals surface area contributed by atoms with Gasteiger partial charge in [-0.1, -0.05) is 6.07 Å². The molecule has 1 aromatic heterocycles. The summed E-state index contributed by atoms with van der Waals surface area (Å²) < 4.78 is 22.2. The average molecular weight is 415 g/mol. The van der Waals surface area contributed by atoms with Crippen LogP contribution in [0.2, 0.25) is 0 Å². The van der Waals surface area contributed by atoms with E-state index in [0.29, 0.717) is 30.8 Å². The van der Waals surface area contributed by atoms with Crippen molar-refractivity contribution in [2.75, 3.05) is 13.2 Å². The van der Waals surface area contributed by atoms with Crippen LogP contribution in [0.3, 0.4) is 0 Å². The number of hydrogen-bond donors (Lipinski definition) is 2. The monoisotopic (exact) mass is 414 g/mol. The van der Waals surface area contributed by atoms with Gasteiger partial charge < -0.3 is 19.9 Å². The molecule has 1 aliphatic heterocycles. The first-order valence-corrected chi connectivity index (χ1v) is 11.0. The number of aliphatic imine (C=N–C) groups is 1. The van der Waals surface area contributed by atoms with E-state index < -0.39 is 0 Å². The van der Waals surface area contributed by atoms with Crippen molar-refractivity contribution in [3.05, 3.63) is 41.2 Å². The number of nitrogens with zero attached hydrogens (tertiary/aromatic N) is 4. The summed E-state index contributed by atoms with van der Waals surface area (Å²) in [6.07, 6.45) is 5.68. The summed E-state index contributed by atoms with van der Waals surface area (Å²) in [6, 6.07) is 5.06. The molecular formula is C22H31FN6O. The summed E-state index contributed by atoms with van der Waals surface area (Å²) in [7, 11) is 0. The second-order valence-electron chi connectivity index (χ2n) is 8.15. The van der Waals surface area contributed by atoms with Gasteiger partial charge in [0, 0.05) is 19.5 Å². The molecule has 0 spiro atoms. The lowest BCUT2D eigenvalue weighted by Crippen LogP contribution is -2.38. The smallest absolute Gasteiger partial charge is 0.192 e. The molecule has 0 bridgehead atoms. The Hall–Kier alpha value is -2.64. The topological polar surface area (TPSA) is 76.4 Å². The van der Waals surface area contributed by atoms with E-state index in [1.165, 1.54) is 19.3 Å². The van der Waals surface area contributed by atoms with Gasteiger partial charge in [0.1, 0.15) is 12.4 Å². The summed E-state index contributed by atoms with van der Waals surface area (Å²) >= 11 is 0. The van der Waals surface area contributed by atoms with Crippen LogP contribution in [-0.2, 0) is 19.5 Å². The molecule has 2 aromatic rings. The van der Waals surface area contributed by atoms with Gasteiger partial charge >= 0.3 is 0 Å². The van der Waals surface area contributed by atoms with E-state index in [1.54, 1.807) is 12.1 Å². The predicted octanol–water partition coefficient (Wildman–Crippen LogP) is 3.36. The Kier molecular flexibility index (Phi) is 6.50. The van der Waals surface area contributed by atoms with Crippen LogP contribution in [0.1, 0.15) is 62.8 Å². The molecule has 2 heterocycles. The van der Waals surface area contributed by atoms with Crippen molar-refractivity contribution in [3.8, 4) is 5.75 Å². The quantitative estimate of drug-likeness (QED) is 0.512. The molecule has 1 atom stereocenters. The summed E-state index contributed by atoms with van der Waals surface area (Å²) in [6.45, 7) is 6.77. The van der Waals surface area contributed by atoms with Gasteiger partial charge in [-0.05, 0) is 63.1 Å². The van der Waals surface area contributed by atoms with Crippen LogP contribution in [0.25, 0.3) is 0 Å². The third-order valence-electron chi connectivity index (χ3n) is 5.64. The number of aryl methyl sites for hydroxylation is 1. The average Bonchev–Trinajstić information content (AvgIpc) is 3.49. The Labute approximate surface area is 177 Å². The van der Waals surface area contributed by atoms with Crippen LogP contribution in [0.5, 0.6) is 5.75 Å². The molecule has 8 heteroatoms. The molecule has 1 fully saturated rings. The van der Waals surface area contributed by atoms with Gasteiger partial charge in [0.25, 0.3) is 0 Å². The van der Waals surface area contributed by atoms with Gasteiger partial charge in [0.05, 0.1) is 12.6 Å². The zero-order valence-corrected chi connectivity index (χ0v) is 17.8. The highest BCUT2D eigenvalue weighted by Gasteiger charge is 2.22. The van der Waals surface area contributed by atoms with Crippen LogP contribution >= 0.6 is 0 Å². The van der Waals surface area contributed by atoms with Crippen molar-refractivity contribution >= 4 is 5.96 Å². The molecule has 1 aromatic carbocycles. The number of aromatic nitrogens is 3. The molecule has 0 amide bonds. The summed E-state index contributed by atoms with van der Waals surface area (Å²) in [5, 5.41) is 15.2.